The summed E-state index contributed by atoms with van der Waals surface area (Å²) in [5.74, 6) is 0. The average Bonchev–Trinajstić information content (AvgIpc) is 2.42. The van der Waals surface area contributed by atoms with Gasteiger partial charge in [-0.05, 0) is 12.1 Å². The van der Waals surface area contributed by atoms with E-state index < -0.39 is 10.2 Å². The van der Waals surface area contributed by atoms with Crippen molar-refractivity contribution >= 4 is 36.9 Å². The summed E-state index contributed by atoms with van der Waals surface area (Å²) < 4.78 is 24.5. The lowest BCUT2D eigenvalue weighted by molar-refractivity contribution is 0.603. The second kappa shape index (κ2) is 3.19. The molecule has 1 aromatic carbocycles. The summed E-state index contributed by atoms with van der Waals surface area (Å²) >= 11 is 1.24. The van der Waals surface area contributed by atoms with Crippen LogP contribution in [-0.2, 0) is 10.2 Å². The number of anilines is 1. The molecule has 0 radical (unpaired) electrons. The minimum absolute atomic E-state index is 0.286. The molecule has 0 saturated carbocycles. The molecule has 5 nitrogen and oxygen atoms in total. The van der Waals surface area contributed by atoms with E-state index in [0.717, 1.165) is 10.2 Å². The van der Waals surface area contributed by atoms with Crippen LogP contribution in [0.3, 0.4) is 0 Å². The van der Waals surface area contributed by atoms with E-state index in [-0.39, 0.29) is 5.13 Å². The number of hydrogen-bond donors (Lipinski definition) is 2. The molecule has 0 unspecified atom stereocenters. The van der Waals surface area contributed by atoms with E-state index in [1.807, 2.05) is 18.2 Å². The third-order valence-electron chi connectivity index (χ3n) is 1.52. The molecule has 3 N–H and O–H groups in total. The van der Waals surface area contributed by atoms with Gasteiger partial charge in [0.15, 0.2) is 5.13 Å². The van der Waals surface area contributed by atoms with Gasteiger partial charge in [-0.25, -0.2) is 14.8 Å². The third-order valence-corrected chi connectivity index (χ3v) is 3.08. The highest BCUT2D eigenvalue weighted by atomic mass is 32.2. The number of thiazole rings is 1. The predicted octanol–water partition coefficient (Wildman–Crippen LogP) is 0.912. The van der Waals surface area contributed by atoms with Gasteiger partial charge in [-0.15, -0.1) is 0 Å². The first-order chi connectivity index (χ1) is 6.54. The lowest BCUT2D eigenvalue weighted by atomic mass is 10.3. The normalized spacial score (nSPS) is 11.8. The minimum atomic E-state index is -3.73. The zero-order valence-corrected chi connectivity index (χ0v) is 8.60. The number of nitrogens with zero attached hydrogens (tertiary/aromatic N) is 1. The topological polar surface area (TPSA) is 85.1 Å². The number of aromatic nitrogens is 1. The van der Waals surface area contributed by atoms with E-state index >= 15 is 0 Å². The van der Waals surface area contributed by atoms with Crippen LogP contribution < -0.4 is 9.86 Å². The van der Waals surface area contributed by atoms with Crippen molar-refractivity contribution in [2.45, 2.75) is 0 Å². The molecule has 0 aliphatic carbocycles. The fourth-order valence-electron chi connectivity index (χ4n) is 1.04. The van der Waals surface area contributed by atoms with Gasteiger partial charge in [0.2, 0.25) is 0 Å². The Balaban J connectivity index is 2.46. The number of fused-ring (bicyclic) bond motifs is 1. The molecule has 14 heavy (non-hydrogen) atoms. The molecular formula is C7H7N3O2S2. The van der Waals surface area contributed by atoms with Crippen LogP contribution in [0.1, 0.15) is 0 Å². The van der Waals surface area contributed by atoms with Crippen molar-refractivity contribution in [2.75, 3.05) is 4.72 Å². The second-order valence-electron chi connectivity index (χ2n) is 2.63. The first-order valence-electron chi connectivity index (χ1n) is 3.71. The Morgan fingerprint density at radius 3 is 2.71 bits per heavy atom. The van der Waals surface area contributed by atoms with Gasteiger partial charge in [0.05, 0.1) is 10.2 Å². The number of nitrogens with one attached hydrogen (secondary N) is 1. The molecule has 0 saturated heterocycles. The van der Waals surface area contributed by atoms with Crippen molar-refractivity contribution in [3.8, 4) is 0 Å². The van der Waals surface area contributed by atoms with Crippen molar-refractivity contribution in [3.63, 3.8) is 0 Å². The quantitative estimate of drug-likeness (QED) is 0.802. The van der Waals surface area contributed by atoms with E-state index in [0.29, 0.717) is 0 Å². The molecule has 0 atom stereocenters. The predicted molar refractivity (Wildman–Crippen MR) is 56.3 cm³/mol. The number of benzene rings is 1. The van der Waals surface area contributed by atoms with Crippen molar-refractivity contribution in [3.05, 3.63) is 24.3 Å². The molecule has 7 heteroatoms. The van der Waals surface area contributed by atoms with Gasteiger partial charge in [0.25, 0.3) is 10.2 Å². The first kappa shape index (κ1) is 9.38. The van der Waals surface area contributed by atoms with Gasteiger partial charge < -0.3 is 0 Å². The largest absolute Gasteiger partial charge is 0.298 e. The fraction of sp³-hybridized carbons (Fsp3) is 0. The highest BCUT2D eigenvalue weighted by Crippen LogP contribution is 2.25. The van der Waals surface area contributed by atoms with Gasteiger partial charge in [-0.2, -0.15) is 8.42 Å². The Labute approximate surface area is 84.8 Å². The summed E-state index contributed by atoms with van der Waals surface area (Å²) in [7, 11) is -3.73. The average molecular weight is 229 g/mol. The summed E-state index contributed by atoms with van der Waals surface area (Å²) in [5, 5.41) is 5.10. The summed E-state index contributed by atoms with van der Waals surface area (Å²) in [5.41, 5.74) is 0.753. The lowest BCUT2D eigenvalue weighted by Crippen LogP contribution is -2.21. The van der Waals surface area contributed by atoms with E-state index in [1.54, 1.807) is 6.07 Å². The maximum atomic E-state index is 10.7. The summed E-state index contributed by atoms with van der Waals surface area (Å²) in [6.45, 7) is 0. The van der Waals surface area contributed by atoms with E-state index in [2.05, 4.69) is 9.71 Å². The fourth-order valence-corrected chi connectivity index (χ4v) is 2.56. The van der Waals surface area contributed by atoms with Crippen molar-refractivity contribution in [2.24, 2.45) is 5.14 Å². The van der Waals surface area contributed by atoms with Crippen LogP contribution in [0, 0.1) is 0 Å². The molecule has 1 heterocycles. The maximum absolute atomic E-state index is 10.7. The molecule has 0 amide bonds. The summed E-state index contributed by atoms with van der Waals surface area (Å²) in [4.78, 5) is 4.05. The van der Waals surface area contributed by atoms with E-state index in [4.69, 9.17) is 5.14 Å². The smallest absolute Gasteiger partial charge is 0.246 e. The van der Waals surface area contributed by atoms with Crippen LogP contribution in [0.25, 0.3) is 10.2 Å². The van der Waals surface area contributed by atoms with Crippen LogP contribution in [0.15, 0.2) is 24.3 Å². The van der Waals surface area contributed by atoms with Gasteiger partial charge in [-0.1, -0.05) is 23.5 Å². The molecule has 0 fully saturated rings. The van der Waals surface area contributed by atoms with Crippen LogP contribution in [-0.4, -0.2) is 13.4 Å². The van der Waals surface area contributed by atoms with Crippen LogP contribution in [0.5, 0.6) is 0 Å². The molecule has 1 aromatic heterocycles. The Kier molecular flexibility index (Phi) is 2.14. The second-order valence-corrected chi connectivity index (χ2v) is 4.96. The van der Waals surface area contributed by atoms with Crippen LogP contribution >= 0.6 is 11.3 Å². The summed E-state index contributed by atoms with van der Waals surface area (Å²) in [6.07, 6.45) is 0. The highest BCUT2D eigenvalue weighted by Gasteiger charge is 2.07. The van der Waals surface area contributed by atoms with Crippen molar-refractivity contribution < 1.29 is 8.42 Å². The molecule has 2 rings (SSSR count). The molecule has 0 spiro atoms. The minimum Gasteiger partial charge on any atom is -0.246 e. The number of para-hydroxylation sites is 1. The van der Waals surface area contributed by atoms with Gasteiger partial charge in [-0.3, -0.25) is 0 Å². The lowest BCUT2D eigenvalue weighted by Gasteiger charge is -1.95. The van der Waals surface area contributed by atoms with Gasteiger partial charge >= 0.3 is 0 Å². The number of rotatable bonds is 2. The van der Waals surface area contributed by atoms with Crippen molar-refractivity contribution in [1.82, 2.24) is 4.98 Å². The molecular weight excluding hydrogens is 222 g/mol. The van der Waals surface area contributed by atoms with Crippen LogP contribution in [0.4, 0.5) is 5.13 Å². The first-order valence-corrected chi connectivity index (χ1v) is 6.07. The molecule has 0 aliphatic rings. The number of nitrogens with two attached hydrogens (primary N) is 1. The standard InChI is InChI=1S/C7H7N3O2S2/c8-14(11,12)10-7-9-5-3-1-2-4-6(5)13-7/h1-4H,(H,9,10)(H2,8,11,12). The zero-order chi connectivity index (χ0) is 10.2. The van der Waals surface area contributed by atoms with Crippen molar-refractivity contribution in [1.29, 1.82) is 0 Å². The van der Waals surface area contributed by atoms with Gasteiger partial charge in [0.1, 0.15) is 0 Å². The van der Waals surface area contributed by atoms with Gasteiger partial charge in [0, 0.05) is 0 Å². The van der Waals surface area contributed by atoms with Crippen LogP contribution in [0.2, 0.25) is 0 Å². The third kappa shape index (κ3) is 2.00. The Morgan fingerprint density at radius 2 is 2.07 bits per heavy atom. The SMILES string of the molecule is NS(=O)(=O)Nc1nc2ccccc2s1. The Morgan fingerprint density at radius 1 is 1.36 bits per heavy atom. The van der Waals surface area contributed by atoms with E-state index in [9.17, 15) is 8.42 Å². The Bertz CT molecular complexity index is 528. The molecule has 74 valence electrons. The molecule has 0 aliphatic heterocycles. The Hall–Kier alpha value is -1.18. The number of hydrogen-bond acceptors (Lipinski definition) is 4. The summed E-state index contributed by atoms with van der Waals surface area (Å²) in [6, 6.07) is 7.37. The highest BCUT2D eigenvalue weighted by molar-refractivity contribution is 7.90. The molecule has 0 bridgehead atoms. The zero-order valence-electron chi connectivity index (χ0n) is 6.97. The molecule has 2 aromatic rings. The van der Waals surface area contributed by atoms with E-state index in [1.165, 1.54) is 11.3 Å². The maximum Gasteiger partial charge on any atom is 0.298 e. The monoisotopic (exact) mass is 229 g/mol.